The van der Waals surface area contributed by atoms with Crippen molar-refractivity contribution in [3.63, 3.8) is 0 Å². The quantitative estimate of drug-likeness (QED) is 0.335. The molecule has 1 aromatic heterocycles. The monoisotopic (exact) mass is 488 g/mol. The lowest BCUT2D eigenvalue weighted by Gasteiger charge is -2.35. The van der Waals surface area contributed by atoms with Crippen LogP contribution in [0.5, 0.6) is 0 Å². The minimum Gasteiger partial charge on any atom is -0.334 e. The smallest absolute Gasteiger partial charge is 0.326 e. The lowest BCUT2D eigenvalue weighted by Crippen LogP contribution is -2.46. The highest BCUT2D eigenvalue weighted by atomic mass is 35.5. The maximum atomic E-state index is 13.4. The second-order valence-electron chi connectivity index (χ2n) is 8.22. The second kappa shape index (κ2) is 9.35. The van der Waals surface area contributed by atoms with Gasteiger partial charge >= 0.3 is 6.03 Å². The highest BCUT2D eigenvalue weighted by Gasteiger charge is 2.36. The lowest BCUT2D eigenvalue weighted by atomic mass is 9.94. The van der Waals surface area contributed by atoms with E-state index in [-0.39, 0.29) is 17.7 Å². The van der Waals surface area contributed by atoms with Crippen LogP contribution in [0.1, 0.15) is 36.9 Å². The number of hydrogen-bond acceptors (Lipinski definition) is 4. The molecule has 0 spiro atoms. The van der Waals surface area contributed by atoms with Crippen LogP contribution in [-0.4, -0.2) is 16.2 Å². The fraction of sp³-hybridized carbons (Fsp3) is 0.148. The molecule has 0 saturated heterocycles. The zero-order valence-electron chi connectivity index (χ0n) is 19.1. The van der Waals surface area contributed by atoms with Gasteiger partial charge < -0.3 is 9.84 Å². The van der Waals surface area contributed by atoms with Gasteiger partial charge in [-0.15, -0.1) is 0 Å². The minimum absolute atomic E-state index is 0.252. The van der Waals surface area contributed by atoms with Crippen molar-refractivity contribution >= 4 is 28.9 Å². The number of hydrogen-bond donors (Lipinski definition) is 1. The van der Waals surface area contributed by atoms with Gasteiger partial charge in [-0.05, 0) is 73.0 Å². The van der Waals surface area contributed by atoms with Gasteiger partial charge in [0.15, 0.2) is 0 Å². The second-order valence-corrected chi connectivity index (χ2v) is 8.66. The normalized spacial score (nSPS) is 15.9. The number of halogens is 2. The molecule has 2 amide bonds. The highest BCUT2D eigenvalue weighted by Crippen LogP contribution is 2.39. The number of carbonyl (C=O) groups excluding carboxylic acids is 1. The lowest BCUT2D eigenvalue weighted by molar-refractivity contribution is 0.244. The molecule has 0 radical (unpaired) electrons. The summed E-state index contributed by atoms with van der Waals surface area (Å²) in [5, 5.41) is 7.72. The first-order valence-electron chi connectivity index (χ1n) is 11.2. The Morgan fingerprint density at radius 2 is 1.83 bits per heavy atom. The van der Waals surface area contributed by atoms with Crippen LogP contribution in [0.3, 0.4) is 0 Å². The van der Waals surface area contributed by atoms with Crippen molar-refractivity contribution in [2.75, 3.05) is 4.90 Å². The van der Waals surface area contributed by atoms with Gasteiger partial charge in [0.1, 0.15) is 5.82 Å². The summed E-state index contributed by atoms with van der Waals surface area (Å²) in [6.45, 7) is 3.93. The molecule has 176 valence electrons. The van der Waals surface area contributed by atoms with E-state index < -0.39 is 6.04 Å². The molecule has 1 aliphatic rings. The van der Waals surface area contributed by atoms with E-state index in [2.05, 4.69) is 22.4 Å². The van der Waals surface area contributed by atoms with Gasteiger partial charge in [0.2, 0.25) is 5.82 Å². The summed E-state index contributed by atoms with van der Waals surface area (Å²) in [5.41, 5.74) is 4.58. The fourth-order valence-corrected chi connectivity index (χ4v) is 4.40. The van der Waals surface area contributed by atoms with Gasteiger partial charge in [0, 0.05) is 16.3 Å². The van der Waals surface area contributed by atoms with Gasteiger partial charge in [-0.2, -0.15) is 4.98 Å². The number of anilines is 1. The van der Waals surface area contributed by atoms with Gasteiger partial charge in [-0.1, -0.05) is 47.9 Å². The van der Waals surface area contributed by atoms with Crippen LogP contribution in [-0.2, 0) is 6.42 Å². The van der Waals surface area contributed by atoms with Crippen LogP contribution in [0, 0.1) is 5.82 Å². The molecule has 35 heavy (non-hydrogen) atoms. The molecule has 6 nitrogen and oxygen atoms in total. The molecular weight excluding hydrogens is 467 g/mol. The Bertz CT molecular complexity index is 1410. The number of urea groups is 1. The van der Waals surface area contributed by atoms with Gasteiger partial charge in [0.05, 0.1) is 17.3 Å². The molecule has 5 rings (SSSR count). The van der Waals surface area contributed by atoms with Crippen LogP contribution in [0.2, 0.25) is 5.02 Å². The van der Waals surface area contributed by atoms with E-state index in [9.17, 15) is 9.18 Å². The zero-order chi connectivity index (χ0) is 24.5. The fourth-order valence-electron chi connectivity index (χ4n) is 4.20. The van der Waals surface area contributed by atoms with E-state index in [1.165, 1.54) is 17.7 Å². The molecule has 1 aliphatic heterocycles. The molecule has 8 heteroatoms. The van der Waals surface area contributed by atoms with E-state index in [0.717, 1.165) is 17.7 Å². The minimum atomic E-state index is -0.561. The van der Waals surface area contributed by atoms with E-state index in [0.29, 0.717) is 27.7 Å². The standard InChI is InChI=1S/C27H22ClFN4O2/c1-3-17-7-13-22(14-8-17)33-16(2)23(24(30-27(33)34)19-5-4-6-20(28)15-19)26-31-25(32-35-26)18-9-11-21(29)12-10-18/h4-15,24H,3H2,1-2H3,(H,30,34). The third-order valence-electron chi connectivity index (χ3n) is 6.03. The maximum absolute atomic E-state index is 13.4. The van der Waals surface area contributed by atoms with Gasteiger partial charge in [-0.3, -0.25) is 4.90 Å². The first-order valence-corrected chi connectivity index (χ1v) is 11.6. The predicted molar refractivity (Wildman–Crippen MR) is 133 cm³/mol. The number of amides is 2. The van der Waals surface area contributed by atoms with Crippen LogP contribution in [0.25, 0.3) is 17.0 Å². The summed E-state index contributed by atoms with van der Waals surface area (Å²) in [4.78, 5) is 19.5. The van der Waals surface area contributed by atoms with Crippen molar-refractivity contribution < 1.29 is 13.7 Å². The Balaban J connectivity index is 1.64. The largest absolute Gasteiger partial charge is 0.334 e. The van der Waals surface area contributed by atoms with Crippen molar-refractivity contribution in [1.29, 1.82) is 0 Å². The third kappa shape index (κ3) is 4.42. The molecule has 3 aromatic carbocycles. The van der Waals surface area contributed by atoms with Crippen molar-refractivity contribution in [2.45, 2.75) is 26.3 Å². The first kappa shape index (κ1) is 22.8. The molecule has 0 saturated carbocycles. The Labute approximate surface area is 207 Å². The first-order chi connectivity index (χ1) is 16.9. The SMILES string of the molecule is CCc1ccc(N2C(=O)NC(c3cccc(Cl)c3)C(c3nc(-c4ccc(F)cc4)no3)=C2C)cc1. The summed E-state index contributed by atoms with van der Waals surface area (Å²) in [5.74, 6) is 0.222. The topological polar surface area (TPSA) is 71.3 Å². The molecule has 0 aliphatic carbocycles. The number of allylic oxidation sites excluding steroid dienone is 1. The van der Waals surface area contributed by atoms with Crippen molar-refractivity contribution in [1.82, 2.24) is 15.5 Å². The predicted octanol–water partition coefficient (Wildman–Crippen LogP) is 6.79. The van der Waals surface area contributed by atoms with Gasteiger partial charge in [0.25, 0.3) is 5.89 Å². The molecule has 1 unspecified atom stereocenters. The molecule has 1 atom stereocenters. The number of carbonyl (C=O) groups is 1. The van der Waals surface area contributed by atoms with Crippen molar-refractivity contribution in [2.24, 2.45) is 0 Å². The number of benzene rings is 3. The molecule has 2 heterocycles. The van der Waals surface area contributed by atoms with Crippen LogP contribution in [0.15, 0.2) is 83.0 Å². The summed E-state index contributed by atoms with van der Waals surface area (Å²) in [6.07, 6.45) is 0.900. The highest BCUT2D eigenvalue weighted by molar-refractivity contribution is 6.30. The Kier molecular flexibility index (Phi) is 6.09. The summed E-state index contributed by atoms with van der Waals surface area (Å²) in [7, 11) is 0. The van der Waals surface area contributed by atoms with Crippen molar-refractivity contribution in [3.8, 4) is 11.4 Å². The molecule has 0 fully saturated rings. The number of nitrogens with zero attached hydrogens (tertiary/aromatic N) is 3. The number of aromatic nitrogens is 2. The maximum Gasteiger partial charge on any atom is 0.326 e. The summed E-state index contributed by atoms with van der Waals surface area (Å²) in [6, 6.07) is 20.1. The Morgan fingerprint density at radius 1 is 1.09 bits per heavy atom. The third-order valence-corrected chi connectivity index (χ3v) is 6.26. The zero-order valence-corrected chi connectivity index (χ0v) is 19.9. The number of rotatable bonds is 5. The van der Waals surface area contributed by atoms with E-state index in [1.807, 2.05) is 43.3 Å². The molecule has 1 N–H and O–H groups in total. The Hall–Kier alpha value is -3.97. The summed E-state index contributed by atoms with van der Waals surface area (Å²) < 4.78 is 19.1. The number of aryl methyl sites for hydroxylation is 1. The van der Waals surface area contributed by atoms with Gasteiger partial charge in [-0.25, -0.2) is 9.18 Å². The van der Waals surface area contributed by atoms with Crippen LogP contribution >= 0.6 is 11.6 Å². The molecular formula is C27H22ClFN4O2. The molecule has 4 aromatic rings. The molecule has 0 bridgehead atoms. The van der Waals surface area contributed by atoms with Crippen molar-refractivity contribution in [3.05, 3.63) is 106 Å². The van der Waals surface area contributed by atoms with E-state index in [1.54, 1.807) is 29.2 Å². The van der Waals surface area contributed by atoms with Crippen LogP contribution < -0.4 is 10.2 Å². The Morgan fingerprint density at radius 3 is 2.51 bits per heavy atom. The number of nitrogens with one attached hydrogen (secondary N) is 1. The average Bonchev–Trinajstić information content (AvgIpc) is 3.34. The van der Waals surface area contributed by atoms with E-state index in [4.69, 9.17) is 16.1 Å². The summed E-state index contributed by atoms with van der Waals surface area (Å²) >= 11 is 6.26. The van der Waals surface area contributed by atoms with Crippen LogP contribution in [0.4, 0.5) is 14.9 Å². The van der Waals surface area contributed by atoms with E-state index >= 15 is 0 Å². The average molecular weight is 489 g/mol.